The lowest BCUT2D eigenvalue weighted by atomic mass is 10.3. The molecule has 0 bridgehead atoms. The largest absolute Gasteiger partial charge is 0.465 e. The van der Waals surface area contributed by atoms with E-state index in [1.165, 1.54) is 6.92 Å². The van der Waals surface area contributed by atoms with Gasteiger partial charge in [0, 0.05) is 0 Å². The molecule has 0 heterocycles. The molecule has 0 aliphatic rings. The second-order valence-electron chi connectivity index (χ2n) is 3.30. The molecule has 1 rings (SSSR count). The van der Waals surface area contributed by atoms with Gasteiger partial charge in [-0.25, -0.2) is 21.6 Å². The first-order chi connectivity index (χ1) is 8.79. The average Bonchev–Trinajstić information content (AvgIpc) is 2.34. The minimum atomic E-state index is -4.48. The lowest BCUT2D eigenvalue weighted by Gasteiger charge is -2.08. The van der Waals surface area contributed by atoms with Crippen LogP contribution in [0, 0.1) is 17.5 Å². The smallest absolute Gasteiger partial charge is 0.321 e. The van der Waals surface area contributed by atoms with Crippen molar-refractivity contribution in [2.45, 2.75) is 11.8 Å². The zero-order chi connectivity index (χ0) is 14.6. The molecule has 0 spiro atoms. The molecule has 9 heteroatoms. The Balaban J connectivity index is 2.96. The molecule has 19 heavy (non-hydrogen) atoms. The fraction of sp³-hybridized carbons (Fsp3) is 0.300. The van der Waals surface area contributed by atoms with Crippen molar-refractivity contribution < 1.29 is 31.1 Å². The Morgan fingerprint density at radius 1 is 1.26 bits per heavy atom. The zero-order valence-electron chi connectivity index (χ0n) is 9.74. The van der Waals surface area contributed by atoms with Crippen LogP contribution >= 0.6 is 0 Å². The topological polar surface area (TPSA) is 72.5 Å². The van der Waals surface area contributed by atoms with Crippen molar-refractivity contribution in [3.05, 3.63) is 29.6 Å². The average molecular weight is 297 g/mol. The fourth-order valence-electron chi connectivity index (χ4n) is 1.16. The summed E-state index contributed by atoms with van der Waals surface area (Å²) in [7, 11) is -4.48. The van der Waals surface area contributed by atoms with Crippen molar-refractivity contribution in [3.63, 3.8) is 0 Å². The summed E-state index contributed by atoms with van der Waals surface area (Å²) in [6.07, 6.45) is 0. The maximum Gasteiger partial charge on any atom is 0.321 e. The Morgan fingerprint density at radius 3 is 2.47 bits per heavy atom. The molecule has 1 aromatic carbocycles. The van der Waals surface area contributed by atoms with Crippen LogP contribution in [-0.4, -0.2) is 27.5 Å². The van der Waals surface area contributed by atoms with Crippen LogP contribution in [0.1, 0.15) is 6.92 Å². The molecule has 0 fully saturated rings. The van der Waals surface area contributed by atoms with E-state index >= 15 is 0 Å². The van der Waals surface area contributed by atoms with E-state index in [4.69, 9.17) is 0 Å². The number of halogens is 3. The second-order valence-corrected chi connectivity index (χ2v) is 5.04. The van der Waals surface area contributed by atoms with Gasteiger partial charge in [-0.15, -0.1) is 0 Å². The summed E-state index contributed by atoms with van der Waals surface area (Å²) in [6.45, 7) is 0.816. The van der Waals surface area contributed by atoms with Gasteiger partial charge in [0.1, 0.15) is 11.4 Å². The summed E-state index contributed by atoms with van der Waals surface area (Å²) in [5, 5.41) is 0. The quantitative estimate of drug-likeness (QED) is 0.648. The number of nitrogens with one attached hydrogen (secondary N) is 1. The van der Waals surface area contributed by atoms with Gasteiger partial charge < -0.3 is 4.74 Å². The summed E-state index contributed by atoms with van der Waals surface area (Å²) >= 11 is 0. The molecule has 0 saturated heterocycles. The zero-order valence-corrected chi connectivity index (χ0v) is 10.6. The van der Waals surface area contributed by atoms with E-state index < -0.39 is 44.9 Å². The lowest BCUT2D eigenvalue weighted by Crippen LogP contribution is -2.31. The predicted molar refractivity (Wildman–Crippen MR) is 58.1 cm³/mol. The number of esters is 1. The Morgan fingerprint density at radius 2 is 1.89 bits per heavy atom. The van der Waals surface area contributed by atoms with E-state index in [-0.39, 0.29) is 6.61 Å². The second kappa shape index (κ2) is 6.02. The van der Waals surface area contributed by atoms with Gasteiger partial charge in [0.2, 0.25) is 10.0 Å². The van der Waals surface area contributed by atoms with E-state index in [9.17, 15) is 26.4 Å². The monoisotopic (exact) mass is 297 g/mol. The summed E-state index contributed by atoms with van der Waals surface area (Å²) in [6, 6.07) is 1.03. The highest BCUT2D eigenvalue weighted by Gasteiger charge is 2.24. The van der Waals surface area contributed by atoms with Gasteiger partial charge in [0.25, 0.3) is 0 Å². The molecule has 0 amide bonds. The van der Waals surface area contributed by atoms with Crippen molar-refractivity contribution in [3.8, 4) is 0 Å². The minimum Gasteiger partial charge on any atom is -0.465 e. The number of carbonyl (C=O) groups is 1. The number of carbonyl (C=O) groups excluding carboxylic acids is 1. The Bertz CT molecular complexity index is 589. The molecule has 0 saturated carbocycles. The van der Waals surface area contributed by atoms with Gasteiger partial charge in [0.05, 0.1) is 6.61 Å². The highest BCUT2D eigenvalue weighted by Crippen LogP contribution is 2.19. The number of sulfonamides is 1. The van der Waals surface area contributed by atoms with Crippen LogP contribution in [0.15, 0.2) is 17.0 Å². The fourth-order valence-corrected chi connectivity index (χ4v) is 2.20. The van der Waals surface area contributed by atoms with E-state index in [0.29, 0.717) is 12.1 Å². The molecule has 1 N–H and O–H groups in total. The van der Waals surface area contributed by atoms with Crippen LogP contribution in [-0.2, 0) is 19.6 Å². The van der Waals surface area contributed by atoms with Crippen molar-refractivity contribution in [1.82, 2.24) is 4.72 Å². The summed E-state index contributed by atoms with van der Waals surface area (Å²) < 4.78 is 68.2. The van der Waals surface area contributed by atoms with Crippen molar-refractivity contribution in [2.24, 2.45) is 0 Å². The van der Waals surface area contributed by atoms with Gasteiger partial charge in [-0.05, 0) is 19.1 Å². The van der Waals surface area contributed by atoms with Crippen molar-refractivity contribution in [2.75, 3.05) is 13.2 Å². The van der Waals surface area contributed by atoms with Gasteiger partial charge in [-0.2, -0.15) is 4.72 Å². The SMILES string of the molecule is CCOC(=O)CNS(=O)(=O)c1ccc(F)c(F)c1F. The van der Waals surface area contributed by atoms with Crippen LogP contribution in [0.2, 0.25) is 0 Å². The number of benzene rings is 1. The number of rotatable bonds is 5. The van der Waals surface area contributed by atoms with Crippen LogP contribution in [0.4, 0.5) is 13.2 Å². The molecule has 0 unspecified atom stereocenters. The van der Waals surface area contributed by atoms with Gasteiger partial charge >= 0.3 is 5.97 Å². The maximum absolute atomic E-state index is 13.3. The standard InChI is InChI=1S/C10H10F3NO4S/c1-2-18-8(15)5-14-19(16,17)7-4-3-6(11)9(12)10(7)13/h3-4,14H,2,5H2,1H3. The summed E-state index contributed by atoms with van der Waals surface area (Å²) in [5.41, 5.74) is 0. The van der Waals surface area contributed by atoms with Crippen LogP contribution in [0.3, 0.4) is 0 Å². The van der Waals surface area contributed by atoms with Crippen LogP contribution < -0.4 is 4.72 Å². The molecule has 0 aliphatic carbocycles. The van der Waals surface area contributed by atoms with Gasteiger partial charge in [-0.3, -0.25) is 4.79 Å². The summed E-state index contributed by atoms with van der Waals surface area (Å²) in [4.78, 5) is 9.86. The highest BCUT2D eigenvalue weighted by molar-refractivity contribution is 7.89. The van der Waals surface area contributed by atoms with E-state index in [2.05, 4.69) is 4.74 Å². The van der Waals surface area contributed by atoms with Crippen molar-refractivity contribution >= 4 is 16.0 Å². The van der Waals surface area contributed by atoms with Gasteiger partial charge in [-0.1, -0.05) is 0 Å². The third kappa shape index (κ3) is 3.67. The molecule has 0 atom stereocenters. The normalized spacial score (nSPS) is 11.4. The highest BCUT2D eigenvalue weighted by atomic mass is 32.2. The first-order valence-corrected chi connectivity index (χ1v) is 6.56. The Labute approximate surface area is 107 Å². The van der Waals surface area contributed by atoms with Crippen LogP contribution in [0.25, 0.3) is 0 Å². The molecule has 0 aliphatic heterocycles. The first kappa shape index (κ1) is 15.4. The number of ether oxygens (including phenoxy) is 1. The number of hydrogen-bond acceptors (Lipinski definition) is 4. The van der Waals surface area contributed by atoms with Crippen LogP contribution in [0.5, 0.6) is 0 Å². The minimum absolute atomic E-state index is 0.0418. The first-order valence-electron chi connectivity index (χ1n) is 5.08. The number of hydrogen-bond donors (Lipinski definition) is 1. The Kier molecular flexibility index (Phi) is 4.90. The molecule has 106 valence electrons. The van der Waals surface area contributed by atoms with E-state index in [1.807, 2.05) is 0 Å². The lowest BCUT2D eigenvalue weighted by molar-refractivity contribution is -0.141. The maximum atomic E-state index is 13.3. The molecule has 0 radical (unpaired) electrons. The predicted octanol–water partition coefficient (Wildman–Crippen LogP) is 0.945. The third-order valence-electron chi connectivity index (χ3n) is 2.00. The Hall–Kier alpha value is -1.61. The molecular weight excluding hydrogens is 287 g/mol. The molecule has 5 nitrogen and oxygen atoms in total. The molecular formula is C10H10F3NO4S. The van der Waals surface area contributed by atoms with Gasteiger partial charge in [0.15, 0.2) is 17.5 Å². The van der Waals surface area contributed by atoms with E-state index in [0.717, 1.165) is 0 Å². The molecule has 1 aromatic rings. The van der Waals surface area contributed by atoms with Crippen molar-refractivity contribution in [1.29, 1.82) is 0 Å². The summed E-state index contributed by atoms with van der Waals surface area (Å²) in [5.74, 6) is -6.15. The van der Waals surface area contributed by atoms with E-state index in [1.54, 1.807) is 4.72 Å². The third-order valence-corrected chi connectivity index (χ3v) is 3.42. The molecule has 0 aromatic heterocycles.